The molecule has 2 rings (SSSR count). The Morgan fingerprint density at radius 3 is 2.75 bits per heavy atom. The van der Waals surface area contributed by atoms with Gasteiger partial charge in [0.1, 0.15) is 5.82 Å². The molecule has 0 spiro atoms. The Labute approximate surface area is 135 Å². The van der Waals surface area contributed by atoms with Crippen molar-refractivity contribution in [1.82, 2.24) is 0 Å². The summed E-state index contributed by atoms with van der Waals surface area (Å²) >= 11 is 10.8. The van der Waals surface area contributed by atoms with Crippen LogP contribution in [0.15, 0.2) is 51.8 Å². The summed E-state index contributed by atoms with van der Waals surface area (Å²) in [4.78, 5) is 1.05. The van der Waals surface area contributed by atoms with Crippen LogP contribution in [0.2, 0.25) is 5.02 Å². The van der Waals surface area contributed by atoms with Gasteiger partial charge in [-0.3, -0.25) is 0 Å². The number of halogens is 3. The molecule has 0 aliphatic heterocycles. The monoisotopic (exact) mass is 374 g/mol. The molecule has 0 aliphatic carbocycles. The van der Waals surface area contributed by atoms with E-state index >= 15 is 0 Å². The van der Waals surface area contributed by atoms with Crippen LogP contribution in [0.3, 0.4) is 0 Å². The van der Waals surface area contributed by atoms with Crippen molar-refractivity contribution in [2.24, 2.45) is 0 Å². The summed E-state index contributed by atoms with van der Waals surface area (Å²) in [7, 11) is 0. The maximum absolute atomic E-state index is 13.6. The number of hydrogen-bond acceptors (Lipinski definition) is 2. The number of aliphatic hydroxyl groups excluding tert-OH is 1. The number of thioether (sulfide) groups is 1. The minimum atomic E-state index is -0.625. The second kappa shape index (κ2) is 7.46. The Bertz CT molecular complexity index is 594. The normalized spacial score (nSPS) is 12.4. The maximum atomic E-state index is 13.6. The first-order valence-corrected chi connectivity index (χ1v) is 8.21. The van der Waals surface area contributed by atoms with Crippen molar-refractivity contribution < 1.29 is 9.50 Å². The summed E-state index contributed by atoms with van der Waals surface area (Å²) in [5, 5.41) is 10.5. The van der Waals surface area contributed by atoms with E-state index in [1.807, 2.05) is 24.3 Å². The molecule has 0 amide bonds. The molecular weight excluding hydrogens is 363 g/mol. The zero-order valence-corrected chi connectivity index (χ0v) is 13.7. The van der Waals surface area contributed by atoms with Gasteiger partial charge in [-0.15, -0.1) is 11.8 Å². The van der Waals surface area contributed by atoms with Crippen LogP contribution in [0.1, 0.15) is 5.56 Å². The first kappa shape index (κ1) is 15.8. The summed E-state index contributed by atoms with van der Waals surface area (Å²) in [5.41, 5.74) is 0.442. The molecule has 1 nitrogen and oxygen atoms in total. The minimum absolute atomic E-state index is 0.254. The molecule has 106 valence electrons. The van der Waals surface area contributed by atoms with Gasteiger partial charge < -0.3 is 5.11 Å². The van der Waals surface area contributed by atoms with E-state index in [1.54, 1.807) is 6.07 Å². The van der Waals surface area contributed by atoms with Gasteiger partial charge in [0.05, 0.1) is 6.10 Å². The molecule has 0 saturated carbocycles. The molecule has 20 heavy (non-hydrogen) atoms. The van der Waals surface area contributed by atoms with Gasteiger partial charge in [-0.25, -0.2) is 4.39 Å². The third kappa shape index (κ3) is 4.48. The largest absolute Gasteiger partial charge is 0.392 e. The average molecular weight is 376 g/mol. The smallest absolute Gasteiger partial charge is 0.126 e. The van der Waals surface area contributed by atoms with E-state index < -0.39 is 6.10 Å². The SMILES string of the molecule is OC(CSc1ccccc1Br)Cc1cc(Cl)ccc1F. The third-order valence-electron chi connectivity index (χ3n) is 2.73. The van der Waals surface area contributed by atoms with Crippen molar-refractivity contribution in [3.63, 3.8) is 0 Å². The van der Waals surface area contributed by atoms with Crippen LogP contribution in [0, 0.1) is 5.82 Å². The lowest BCUT2D eigenvalue weighted by Gasteiger charge is -2.12. The Kier molecular flexibility index (Phi) is 5.90. The van der Waals surface area contributed by atoms with Gasteiger partial charge in [0.2, 0.25) is 0 Å². The Morgan fingerprint density at radius 2 is 2.00 bits per heavy atom. The number of rotatable bonds is 5. The molecule has 5 heteroatoms. The van der Waals surface area contributed by atoms with Crippen LogP contribution in [0.5, 0.6) is 0 Å². The summed E-state index contributed by atoms with van der Waals surface area (Å²) in [5.74, 6) is 0.161. The Hall–Kier alpha value is -0.550. The predicted molar refractivity (Wildman–Crippen MR) is 86.0 cm³/mol. The molecular formula is C15H13BrClFOS. The van der Waals surface area contributed by atoms with Crippen LogP contribution >= 0.6 is 39.3 Å². The summed E-state index contributed by atoms with van der Waals surface area (Å²) < 4.78 is 14.6. The van der Waals surface area contributed by atoms with E-state index in [1.165, 1.54) is 23.9 Å². The number of benzene rings is 2. The van der Waals surface area contributed by atoms with Gasteiger partial charge in [0, 0.05) is 26.6 Å². The Balaban J connectivity index is 1.94. The summed E-state index contributed by atoms with van der Waals surface area (Å²) in [6.45, 7) is 0. The Morgan fingerprint density at radius 1 is 1.25 bits per heavy atom. The summed E-state index contributed by atoms with van der Waals surface area (Å²) in [6, 6.07) is 12.2. The maximum Gasteiger partial charge on any atom is 0.126 e. The van der Waals surface area contributed by atoms with E-state index in [9.17, 15) is 9.50 Å². The van der Waals surface area contributed by atoms with E-state index in [0.29, 0.717) is 16.3 Å². The second-order valence-corrected chi connectivity index (χ2v) is 6.69. The van der Waals surface area contributed by atoms with E-state index in [4.69, 9.17) is 11.6 Å². The van der Waals surface area contributed by atoms with Crippen LogP contribution in [-0.4, -0.2) is 17.0 Å². The summed E-state index contributed by atoms with van der Waals surface area (Å²) in [6.07, 6.45) is -0.371. The van der Waals surface area contributed by atoms with Gasteiger partial charge in [-0.1, -0.05) is 23.7 Å². The molecule has 0 aliphatic rings. The van der Waals surface area contributed by atoms with Crippen LogP contribution in [0.4, 0.5) is 4.39 Å². The fourth-order valence-corrected chi connectivity index (χ4v) is 3.45. The van der Waals surface area contributed by atoms with Gasteiger partial charge in [-0.05, 0) is 51.8 Å². The molecule has 2 aromatic carbocycles. The third-order valence-corrected chi connectivity index (χ3v) is 5.14. The first-order chi connectivity index (χ1) is 9.56. The lowest BCUT2D eigenvalue weighted by atomic mass is 10.1. The molecule has 0 bridgehead atoms. The molecule has 0 aromatic heterocycles. The minimum Gasteiger partial charge on any atom is -0.392 e. The van der Waals surface area contributed by atoms with E-state index in [2.05, 4.69) is 15.9 Å². The highest BCUT2D eigenvalue weighted by molar-refractivity contribution is 9.10. The van der Waals surface area contributed by atoms with Gasteiger partial charge in [-0.2, -0.15) is 0 Å². The highest BCUT2D eigenvalue weighted by atomic mass is 79.9. The van der Waals surface area contributed by atoms with E-state index in [-0.39, 0.29) is 12.2 Å². The predicted octanol–water partition coefficient (Wildman–Crippen LogP) is 4.94. The van der Waals surface area contributed by atoms with Crippen LogP contribution in [0.25, 0.3) is 0 Å². The molecule has 1 N–H and O–H groups in total. The first-order valence-electron chi connectivity index (χ1n) is 6.05. The molecule has 0 fully saturated rings. The second-order valence-electron chi connectivity index (χ2n) is 4.34. The average Bonchev–Trinajstić information content (AvgIpc) is 2.42. The van der Waals surface area contributed by atoms with Crippen molar-refractivity contribution in [2.45, 2.75) is 17.4 Å². The van der Waals surface area contributed by atoms with Gasteiger partial charge in [0.15, 0.2) is 0 Å². The molecule has 0 radical (unpaired) electrons. The molecule has 1 atom stereocenters. The van der Waals surface area contributed by atoms with Crippen molar-refractivity contribution >= 4 is 39.3 Å². The van der Waals surface area contributed by atoms with Gasteiger partial charge in [0.25, 0.3) is 0 Å². The molecule has 2 aromatic rings. The lowest BCUT2D eigenvalue weighted by molar-refractivity contribution is 0.198. The van der Waals surface area contributed by atoms with Crippen molar-refractivity contribution in [3.8, 4) is 0 Å². The fourth-order valence-electron chi connectivity index (χ4n) is 1.76. The van der Waals surface area contributed by atoms with Crippen LogP contribution < -0.4 is 0 Å². The topological polar surface area (TPSA) is 20.2 Å². The van der Waals surface area contributed by atoms with Crippen molar-refractivity contribution in [1.29, 1.82) is 0 Å². The zero-order valence-electron chi connectivity index (χ0n) is 10.5. The lowest BCUT2D eigenvalue weighted by Crippen LogP contribution is -2.14. The highest BCUT2D eigenvalue weighted by Gasteiger charge is 2.11. The number of aliphatic hydroxyl groups is 1. The number of hydrogen-bond donors (Lipinski definition) is 1. The van der Waals surface area contributed by atoms with Crippen molar-refractivity contribution in [3.05, 3.63) is 63.3 Å². The standard InChI is InChI=1S/C15H13BrClFOS/c16-13-3-1-2-4-15(13)20-9-12(19)8-10-7-11(17)5-6-14(10)18/h1-7,12,19H,8-9H2. The molecule has 0 heterocycles. The fraction of sp³-hybridized carbons (Fsp3) is 0.200. The highest BCUT2D eigenvalue weighted by Crippen LogP contribution is 2.28. The van der Waals surface area contributed by atoms with E-state index in [0.717, 1.165) is 9.37 Å². The van der Waals surface area contributed by atoms with Gasteiger partial charge >= 0.3 is 0 Å². The molecule has 1 unspecified atom stereocenters. The van der Waals surface area contributed by atoms with Crippen LogP contribution in [-0.2, 0) is 6.42 Å². The zero-order chi connectivity index (χ0) is 14.5. The van der Waals surface area contributed by atoms with Crippen molar-refractivity contribution in [2.75, 3.05) is 5.75 Å². The quantitative estimate of drug-likeness (QED) is 0.747. The molecule has 0 saturated heterocycles.